The maximum Gasteiger partial charge on any atom is 0.412 e. The minimum atomic E-state index is -0.731. The van der Waals surface area contributed by atoms with E-state index < -0.39 is 11.0 Å². The molecule has 0 aromatic heterocycles. The molecule has 1 aromatic carbocycles. The molecule has 0 radical (unpaired) electrons. The molecule has 0 saturated carbocycles. The van der Waals surface area contributed by atoms with Crippen LogP contribution in [0.2, 0.25) is 10.0 Å². The van der Waals surface area contributed by atoms with Gasteiger partial charge in [-0.05, 0) is 6.92 Å². The normalized spacial score (nSPS) is 9.82. The molecule has 0 heterocycles. The number of ether oxygens (including phenoxy) is 1. The smallest absolute Gasteiger partial charge is 0.407 e. The van der Waals surface area contributed by atoms with Crippen LogP contribution < -0.4 is 10.1 Å². The highest BCUT2D eigenvalue weighted by Crippen LogP contribution is 2.36. The molecule has 8 heteroatoms. The van der Waals surface area contributed by atoms with E-state index >= 15 is 0 Å². The number of hydrogen-bond donors (Lipinski definition) is 1. The van der Waals surface area contributed by atoms with Crippen molar-refractivity contribution in [3.63, 3.8) is 0 Å². The van der Waals surface area contributed by atoms with Gasteiger partial charge in [0.25, 0.3) is 5.69 Å². The number of nitrogens with one attached hydrogen (secondary N) is 1. The summed E-state index contributed by atoms with van der Waals surface area (Å²) in [6.45, 7) is 2.08. The van der Waals surface area contributed by atoms with E-state index in [9.17, 15) is 14.9 Å². The Labute approximate surface area is 107 Å². The molecule has 1 aromatic rings. The Kier molecular flexibility index (Phi) is 4.53. The first kappa shape index (κ1) is 13.5. The summed E-state index contributed by atoms with van der Waals surface area (Å²) in [6.07, 6.45) is -0.731. The van der Waals surface area contributed by atoms with Gasteiger partial charge in [-0.25, -0.2) is 4.79 Å². The molecule has 0 aliphatic heterocycles. The molecule has 0 spiro atoms. The lowest BCUT2D eigenvalue weighted by Crippen LogP contribution is -2.26. The van der Waals surface area contributed by atoms with Crippen molar-refractivity contribution in [2.45, 2.75) is 6.92 Å². The fourth-order valence-electron chi connectivity index (χ4n) is 1.02. The van der Waals surface area contributed by atoms with Crippen molar-refractivity contribution in [2.75, 3.05) is 6.54 Å². The number of nitro benzene ring substituents is 1. The summed E-state index contributed by atoms with van der Waals surface area (Å²) in [5.74, 6) is -0.107. The zero-order chi connectivity index (χ0) is 13.0. The number of rotatable bonds is 3. The summed E-state index contributed by atoms with van der Waals surface area (Å²) >= 11 is 11.5. The molecule has 0 unspecified atom stereocenters. The van der Waals surface area contributed by atoms with E-state index in [1.165, 1.54) is 0 Å². The molecule has 0 fully saturated rings. The summed E-state index contributed by atoms with van der Waals surface area (Å²) in [4.78, 5) is 21.0. The van der Waals surface area contributed by atoms with Gasteiger partial charge in [-0.3, -0.25) is 10.1 Å². The first-order valence-electron chi connectivity index (χ1n) is 4.54. The summed E-state index contributed by atoms with van der Waals surface area (Å²) in [6, 6.07) is 2.12. The average Bonchev–Trinajstić information content (AvgIpc) is 2.23. The minimum Gasteiger partial charge on any atom is -0.407 e. The number of halogens is 2. The predicted molar refractivity (Wildman–Crippen MR) is 62.8 cm³/mol. The van der Waals surface area contributed by atoms with Gasteiger partial charge in [0.1, 0.15) is 0 Å². The summed E-state index contributed by atoms with van der Waals surface area (Å²) < 4.78 is 4.81. The Bertz CT molecular complexity index is 441. The van der Waals surface area contributed by atoms with Crippen LogP contribution in [0.5, 0.6) is 5.75 Å². The highest BCUT2D eigenvalue weighted by Gasteiger charge is 2.17. The third-order valence-electron chi connectivity index (χ3n) is 1.71. The van der Waals surface area contributed by atoms with Gasteiger partial charge in [0.05, 0.1) is 15.0 Å². The van der Waals surface area contributed by atoms with Gasteiger partial charge in [0.2, 0.25) is 0 Å². The molecule has 17 heavy (non-hydrogen) atoms. The van der Waals surface area contributed by atoms with Crippen molar-refractivity contribution in [1.82, 2.24) is 5.32 Å². The lowest BCUT2D eigenvalue weighted by Gasteiger charge is -2.08. The lowest BCUT2D eigenvalue weighted by molar-refractivity contribution is -0.384. The molecule has 1 amide bonds. The Morgan fingerprint density at radius 3 is 2.41 bits per heavy atom. The second-order valence-electron chi connectivity index (χ2n) is 2.92. The number of non-ortho nitro benzene ring substituents is 1. The number of nitro groups is 1. The average molecular weight is 279 g/mol. The minimum absolute atomic E-state index is 0.101. The van der Waals surface area contributed by atoms with Crippen LogP contribution >= 0.6 is 23.2 Å². The Morgan fingerprint density at radius 2 is 2.00 bits per heavy atom. The van der Waals surface area contributed by atoms with E-state index in [1.807, 2.05) is 0 Å². The third kappa shape index (κ3) is 3.47. The maximum atomic E-state index is 11.2. The summed E-state index contributed by atoms with van der Waals surface area (Å²) in [5, 5.41) is 12.7. The van der Waals surface area contributed by atoms with Crippen LogP contribution in [0, 0.1) is 10.1 Å². The van der Waals surface area contributed by atoms with Gasteiger partial charge in [-0.15, -0.1) is 0 Å². The fourth-order valence-corrected chi connectivity index (χ4v) is 1.58. The Balaban J connectivity index is 3.01. The monoisotopic (exact) mass is 278 g/mol. The van der Waals surface area contributed by atoms with Crippen molar-refractivity contribution in [3.05, 3.63) is 32.3 Å². The highest BCUT2D eigenvalue weighted by atomic mass is 35.5. The highest BCUT2D eigenvalue weighted by molar-refractivity contribution is 6.37. The zero-order valence-corrected chi connectivity index (χ0v) is 10.2. The quantitative estimate of drug-likeness (QED) is 0.681. The predicted octanol–water partition coefficient (Wildman–Crippen LogP) is 3.01. The van der Waals surface area contributed by atoms with Gasteiger partial charge in [0, 0.05) is 18.7 Å². The van der Waals surface area contributed by atoms with Crippen LogP contribution in [-0.2, 0) is 0 Å². The summed E-state index contributed by atoms with van der Waals surface area (Å²) in [5.41, 5.74) is -0.275. The van der Waals surface area contributed by atoms with Crippen LogP contribution in [0.15, 0.2) is 12.1 Å². The molecule has 0 bridgehead atoms. The van der Waals surface area contributed by atoms with Crippen molar-refractivity contribution in [1.29, 1.82) is 0 Å². The van der Waals surface area contributed by atoms with Crippen molar-refractivity contribution < 1.29 is 14.5 Å². The molecule has 6 nitrogen and oxygen atoms in total. The Hall–Kier alpha value is -1.53. The van der Waals surface area contributed by atoms with E-state index in [-0.39, 0.29) is 21.5 Å². The van der Waals surface area contributed by atoms with Gasteiger partial charge < -0.3 is 10.1 Å². The first-order chi connectivity index (χ1) is 7.95. The van der Waals surface area contributed by atoms with Gasteiger partial charge in [-0.1, -0.05) is 23.2 Å². The number of amides is 1. The third-order valence-corrected chi connectivity index (χ3v) is 2.27. The standard InChI is InChI=1S/C9H8Cl2N2O4/c1-2-12-9(14)17-8-6(10)3-5(13(15)16)4-7(8)11/h3-4H,2H2,1H3,(H,12,14). The van der Waals surface area contributed by atoms with Crippen LogP contribution in [0.25, 0.3) is 0 Å². The van der Waals surface area contributed by atoms with Crippen molar-refractivity contribution in [3.8, 4) is 5.75 Å². The largest absolute Gasteiger partial charge is 0.412 e. The SMILES string of the molecule is CCNC(=O)Oc1c(Cl)cc([N+](=O)[O-])cc1Cl. The molecular formula is C9H8Cl2N2O4. The first-order valence-corrected chi connectivity index (χ1v) is 5.30. The molecule has 0 aliphatic rings. The molecular weight excluding hydrogens is 271 g/mol. The number of hydrogen-bond acceptors (Lipinski definition) is 4. The van der Waals surface area contributed by atoms with Crippen molar-refractivity contribution in [2.24, 2.45) is 0 Å². The number of carbonyl (C=O) groups is 1. The fraction of sp³-hybridized carbons (Fsp3) is 0.222. The molecule has 92 valence electrons. The Morgan fingerprint density at radius 1 is 1.47 bits per heavy atom. The number of carbonyl (C=O) groups excluding carboxylic acids is 1. The van der Waals surface area contributed by atoms with Crippen molar-refractivity contribution >= 4 is 35.0 Å². The summed E-state index contributed by atoms with van der Waals surface area (Å²) in [7, 11) is 0. The second kappa shape index (κ2) is 5.70. The van der Waals surface area contributed by atoms with Gasteiger partial charge >= 0.3 is 6.09 Å². The van der Waals surface area contributed by atoms with Crippen LogP contribution in [-0.4, -0.2) is 17.6 Å². The van der Waals surface area contributed by atoms with Crippen LogP contribution in [0.3, 0.4) is 0 Å². The molecule has 1 rings (SSSR count). The van der Waals surface area contributed by atoms with E-state index in [4.69, 9.17) is 27.9 Å². The van der Waals surface area contributed by atoms with E-state index in [0.717, 1.165) is 12.1 Å². The molecule has 1 N–H and O–H groups in total. The maximum absolute atomic E-state index is 11.2. The molecule has 0 atom stereocenters. The second-order valence-corrected chi connectivity index (χ2v) is 3.73. The van der Waals surface area contributed by atoms with Gasteiger partial charge in [0.15, 0.2) is 5.75 Å². The molecule has 0 saturated heterocycles. The number of nitrogens with zero attached hydrogens (tertiary/aromatic N) is 1. The van der Waals surface area contributed by atoms with E-state index in [2.05, 4.69) is 5.32 Å². The number of benzene rings is 1. The lowest BCUT2D eigenvalue weighted by atomic mass is 10.3. The van der Waals surface area contributed by atoms with Crippen LogP contribution in [0.1, 0.15) is 6.92 Å². The van der Waals surface area contributed by atoms with E-state index in [0.29, 0.717) is 6.54 Å². The van der Waals surface area contributed by atoms with E-state index in [1.54, 1.807) is 6.92 Å². The topological polar surface area (TPSA) is 81.5 Å². The molecule has 0 aliphatic carbocycles. The van der Waals surface area contributed by atoms with Crippen LogP contribution in [0.4, 0.5) is 10.5 Å². The van der Waals surface area contributed by atoms with Gasteiger partial charge in [-0.2, -0.15) is 0 Å². The zero-order valence-electron chi connectivity index (χ0n) is 8.70.